The zero-order valence-electron chi connectivity index (χ0n) is 31.8. The summed E-state index contributed by atoms with van der Waals surface area (Å²) in [5.74, 6) is 1.86. The van der Waals surface area contributed by atoms with Gasteiger partial charge in [-0.2, -0.15) is 0 Å². The Morgan fingerprint density at radius 1 is 0.580 bits per heavy atom. The summed E-state index contributed by atoms with van der Waals surface area (Å²) in [6.45, 7) is 22.5. The Bertz CT molecular complexity index is 1200. The molecule has 2 aromatic rings. The largest absolute Gasteiger partial charge is 0.495 e. The van der Waals surface area contributed by atoms with Crippen LogP contribution in [0.25, 0.3) is 0 Å². The first-order valence-electron chi connectivity index (χ1n) is 17.9. The normalized spacial score (nSPS) is 15.8. The molecule has 2 aromatic carbocycles. The van der Waals surface area contributed by atoms with Crippen LogP contribution in [0.2, 0.25) is 0 Å². The zero-order chi connectivity index (χ0) is 36.6. The second kappa shape index (κ2) is 20.1. The van der Waals surface area contributed by atoms with Crippen LogP contribution < -0.4 is 29.9 Å². The summed E-state index contributed by atoms with van der Waals surface area (Å²) in [5, 5.41) is 5.63. The second-order valence-corrected chi connectivity index (χ2v) is 14.6. The van der Waals surface area contributed by atoms with E-state index in [9.17, 15) is 9.59 Å². The summed E-state index contributed by atoms with van der Waals surface area (Å²) in [5.41, 5.74) is 1.44. The Morgan fingerprint density at radius 2 is 0.920 bits per heavy atom. The molecule has 2 heterocycles. The third-order valence-corrected chi connectivity index (χ3v) is 8.23. The number of nitrogens with zero attached hydrogens (tertiary/aromatic N) is 4. The fourth-order valence-corrected chi connectivity index (χ4v) is 5.82. The van der Waals surface area contributed by atoms with Gasteiger partial charge in [-0.1, -0.05) is 24.3 Å². The summed E-state index contributed by atoms with van der Waals surface area (Å²) in [7, 11) is 3.43. The molecule has 2 aliphatic heterocycles. The van der Waals surface area contributed by atoms with E-state index >= 15 is 0 Å². The molecule has 0 spiro atoms. The van der Waals surface area contributed by atoms with Gasteiger partial charge >= 0.3 is 12.2 Å². The number of ether oxygens (including phenoxy) is 4. The van der Waals surface area contributed by atoms with Crippen molar-refractivity contribution in [3.05, 3.63) is 48.5 Å². The molecule has 2 amide bonds. The van der Waals surface area contributed by atoms with Crippen molar-refractivity contribution in [2.75, 3.05) is 103 Å². The van der Waals surface area contributed by atoms with Gasteiger partial charge in [0.05, 0.1) is 25.6 Å². The summed E-state index contributed by atoms with van der Waals surface area (Å²) in [4.78, 5) is 32.8. The monoisotopic (exact) mass is 698 g/mol. The number of alkyl carbamates (subject to hydrolysis) is 2. The smallest absolute Gasteiger partial charge is 0.407 e. The molecule has 2 saturated heterocycles. The molecule has 2 fully saturated rings. The molecule has 0 aliphatic carbocycles. The van der Waals surface area contributed by atoms with E-state index in [1.165, 1.54) is 0 Å². The summed E-state index contributed by atoms with van der Waals surface area (Å²) < 4.78 is 21.4. The number of methoxy groups -OCH3 is 2. The molecule has 280 valence electrons. The van der Waals surface area contributed by atoms with Gasteiger partial charge in [0.1, 0.15) is 22.7 Å². The number of benzene rings is 2. The molecular formula is C38H62N6O6. The standard InChI is InChI=1S/2C19H31N3O3/c2*1-19(2,3)25-18(23)20-10-7-11-21-12-14-22(15-13-21)16-8-5-6-9-17(16)24-4/h2*5-6,8-9H,7,10-15H2,1-4H3,(H,20,23). The number of piperazine rings is 2. The lowest BCUT2D eigenvalue weighted by atomic mass is 10.2. The summed E-state index contributed by atoms with van der Waals surface area (Å²) >= 11 is 0. The number of amides is 2. The maximum atomic E-state index is 11.6. The average molecular weight is 699 g/mol. The molecule has 0 saturated carbocycles. The van der Waals surface area contributed by atoms with E-state index in [2.05, 4.69) is 42.4 Å². The number of hydrogen-bond donors (Lipinski definition) is 2. The highest BCUT2D eigenvalue weighted by molar-refractivity contribution is 5.68. The van der Waals surface area contributed by atoms with Crippen LogP contribution in [0.3, 0.4) is 0 Å². The van der Waals surface area contributed by atoms with Gasteiger partial charge < -0.3 is 39.4 Å². The SMILES string of the molecule is COc1ccccc1N1CCN(CCCNC(=O)OC(C)(C)C)CC1.COc1ccccc1N1CCN(CCCNC(=O)OC(C)(C)C)CC1. The first kappa shape index (κ1) is 40.5. The van der Waals surface area contributed by atoms with Gasteiger partial charge in [-0.15, -0.1) is 0 Å². The van der Waals surface area contributed by atoms with Gasteiger partial charge in [-0.25, -0.2) is 9.59 Å². The van der Waals surface area contributed by atoms with Crippen molar-refractivity contribution in [1.29, 1.82) is 0 Å². The maximum Gasteiger partial charge on any atom is 0.407 e. The number of nitrogens with one attached hydrogen (secondary N) is 2. The Balaban J connectivity index is 0.000000270. The molecule has 0 aromatic heterocycles. The summed E-state index contributed by atoms with van der Waals surface area (Å²) in [6.07, 6.45) is 1.17. The fraction of sp³-hybridized carbons (Fsp3) is 0.632. The van der Waals surface area contributed by atoms with Crippen LogP contribution in [0, 0.1) is 0 Å². The molecule has 0 atom stereocenters. The number of hydrogen-bond acceptors (Lipinski definition) is 10. The van der Waals surface area contributed by atoms with Crippen molar-refractivity contribution in [3.8, 4) is 11.5 Å². The topological polar surface area (TPSA) is 108 Å². The highest BCUT2D eigenvalue weighted by atomic mass is 16.6. The Kier molecular flexibility index (Phi) is 16.3. The van der Waals surface area contributed by atoms with Crippen LogP contribution >= 0.6 is 0 Å². The Morgan fingerprint density at radius 3 is 1.24 bits per heavy atom. The first-order valence-corrected chi connectivity index (χ1v) is 17.9. The van der Waals surface area contributed by atoms with Gasteiger partial charge in [-0.05, 0) is 91.7 Å². The van der Waals surface area contributed by atoms with E-state index in [1.807, 2.05) is 77.9 Å². The van der Waals surface area contributed by atoms with Gasteiger partial charge in [-0.3, -0.25) is 9.80 Å². The molecule has 2 aliphatic rings. The lowest BCUT2D eigenvalue weighted by molar-refractivity contribution is 0.0514. The Hall–Kier alpha value is -3.90. The number of rotatable bonds is 12. The van der Waals surface area contributed by atoms with Gasteiger partial charge in [0, 0.05) is 65.4 Å². The third kappa shape index (κ3) is 14.9. The minimum atomic E-state index is -0.446. The van der Waals surface area contributed by atoms with Crippen molar-refractivity contribution in [2.24, 2.45) is 0 Å². The lowest BCUT2D eigenvalue weighted by Gasteiger charge is -2.36. The molecule has 12 heteroatoms. The van der Waals surface area contributed by atoms with E-state index in [1.54, 1.807) is 14.2 Å². The van der Waals surface area contributed by atoms with Crippen molar-refractivity contribution in [3.63, 3.8) is 0 Å². The summed E-state index contributed by atoms with van der Waals surface area (Å²) in [6, 6.07) is 16.3. The van der Waals surface area contributed by atoms with Crippen LogP contribution in [-0.4, -0.2) is 126 Å². The van der Waals surface area contributed by atoms with E-state index in [-0.39, 0.29) is 12.2 Å². The van der Waals surface area contributed by atoms with E-state index in [4.69, 9.17) is 18.9 Å². The van der Waals surface area contributed by atoms with E-state index in [0.717, 1.165) is 101 Å². The maximum absolute atomic E-state index is 11.6. The van der Waals surface area contributed by atoms with Crippen LogP contribution in [0.4, 0.5) is 21.0 Å². The number of carbonyl (C=O) groups is 2. The minimum Gasteiger partial charge on any atom is -0.495 e. The van der Waals surface area contributed by atoms with Crippen molar-refractivity contribution < 1.29 is 28.5 Å². The van der Waals surface area contributed by atoms with Crippen LogP contribution in [0.15, 0.2) is 48.5 Å². The van der Waals surface area contributed by atoms with E-state index in [0.29, 0.717) is 13.1 Å². The molecule has 2 N–H and O–H groups in total. The zero-order valence-corrected chi connectivity index (χ0v) is 31.8. The van der Waals surface area contributed by atoms with Gasteiger partial charge in [0.2, 0.25) is 0 Å². The molecule has 4 rings (SSSR count). The molecule has 0 bridgehead atoms. The predicted octanol–water partition coefficient (Wildman–Crippen LogP) is 5.46. The quantitative estimate of drug-likeness (QED) is 0.278. The van der Waals surface area contributed by atoms with Crippen molar-refractivity contribution >= 4 is 23.6 Å². The highest BCUT2D eigenvalue weighted by Gasteiger charge is 2.21. The van der Waals surface area contributed by atoms with E-state index < -0.39 is 11.2 Å². The predicted molar refractivity (Wildman–Crippen MR) is 201 cm³/mol. The molecule has 0 radical (unpaired) electrons. The number of para-hydroxylation sites is 4. The molecule has 50 heavy (non-hydrogen) atoms. The van der Waals surface area contributed by atoms with Crippen LogP contribution in [0.1, 0.15) is 54.4 Å². The van der Waals surface area contributed by atoms with Crippen LogP contribution in [-0.2, 0) is 9.47 Å². The fourth-order valence-electron chi connectivity index (χ4n) is 5.82. The first-order chi connectivity index (χ1) is 23.8. The van der Waals surface area contributed by atoms with Crippen LogP contribution in [0.5, 0.6) is 11.5 Å². The lowest BCUT2D eigenvalue weighted by Crippen LogP contribution is -2.47. The van der Waals surface area contributed by atoms with Crippen molar-refractivity contribution in [2.45, 2.75) is 65.6 Å². The average Bonchev–Trinajstić information content (AvgIpc) is 3.08. The Labute approximate surface area is 300 Å². The van der Waals surface area contributed by atoms with Crippen molar-refractivity contribution in [1.82, 2.24) is 20.4 Å². The number of anilines is 2. The third-order valence-electron chi connectivity index (χ3n) is 8.23. The second-order valence-electron chi connectivity index (χ2n) is 14.6. The highest BCUT2D eigenvalue weighted by Crippen LogP contribution is 2.29. The van der Waals surface area contributed by atoms with Gasteiger partial charge in [0.15, 0.2) is 0 Å². The molecule has 0 unspecified atom stereocenters. The molecule has 12 nitrogen and oxygen atoms in total. The number of carbonyl (C=O) groups excluding carboxylic acids is 2. The molecular weight excluding hydrogens is 636 g/mol. The van der Waals surface area contributed by atoms with Gasteiger partial charge in [0.25, 0.3) is 0 Å². The minimum absolute atomic E-state index is 0.339.